The molecule has 0 unspecified atom stereocenters. The van der Waals surface area contributed by atoms with Crippen LogP contribution in [-0.4, -0.2) is 67.6 Å². The van der Waals surface area contributed by atoms with E-state index < -0.39 is 0 Å². The molecule has 1 N–H and O–H groups in total. The number of nitrogens with zero attached hydrogens (tertiary/aromatic N) is 4. The lowest BCUT2D eigenvalue weighted by Gasteiger charge is -2.32. The first-order valence-corrected chi connectivity index (χ1v) is 11.2. The van der Waals surface area contributed by atoms with Crippen molar-refractivity contribution in [2.45, 2.75) is 26.3 Å². The summed E-state index contributed by atoms with van der Waals surface area (Å²) in [5.74, 6) is 2.53. The molecule has 1 aromatic heterocycles. The third-order valence-electron chi connectivity index (χ3n) is 5.32. The molecule has 7 heteroatoms. The molecule has 158 valence electrons. The van der Waals surface area contributed by atoms with Crippen molar-refractivity contribution in [3.63, 3.8) is 0 Å². The van der Waals surface area contributed by atoms with Gasteiger partial charge in [-0.1, -0.05) is 18.2 Å². The molecule has 1 aromatic carbocycles. The highest BCUT2D eigenvalue weighted by atomic mass is 32.1. The number of likely N-dealkylation sites (tertiary alicyclic amines) is 1. The number of rotatable bonds is 8. The normalized spacial score (nSPS) is 16.0. The highest BCUT2D eigenvalue weighted by Crippen LogP contribution is 2.19. The van der Waals surface area contributed by atoms with Crippen molar-refractivity contribution in [3.05, 3.63) is 46.4 Å². The molecule has 2 aromatic rings. The van der Waals surface area contributed by atoms with E-state index in [-0.39, 0.29) is 0 Å². The van der Waals surface area contributed by atoms with Crippen LogP contribution in [0.3, 0.4) is 0 Å². The van der Waals surface area contributed by atoms with Crippen LogP contribution in [-0.2, 0) is 6.54 Å². The molecular formula is C22H33N5OS. The second-order valence-electron chi connectivity index (χ2n) is 7.59. The summed E-state index contributed by atoms with van der Waals surface area (Å²) in [5, 5.41) is 6.89. The number of thiazole rings is 1. The number of benzene rings is 1. The number of hydrogen-bond acceptors (Lipinski definition) is 5. The topological polar surface area (TPSA) is 53.0 Å². The molecule has 2 heterocycles. The lowest BCUT2D eigenvalue weighted by Crippen LogP contribution is -2.44. The molecular weight excluding hydrogens is 382 g/mol. The predicted octanol–water partition coefficient (Wildman–Crippen LogP) is 3.25. The zero-order valence-electron chi connectivity index (χ0n) is 17.8. The van der Waals surface area contributed by atoms with E-state index >= 15 is 0 Å². The van der Waals surface area contributed by atoms with Crippen LogP contribution in [0.15, 0.2) is 40.7 Å². The Balaban J connectivity index is 1.34. The molecule has 0 spiro atoms. The van der Waals surface area contributed by atoms with Gasteiger partial charge in [0, 0.05) is 32.6 Å². The van der Waals surface area contributed by atoms with Crippen LogP contribution < -0.4 is 10.1 Å². The van der Waals surface area contributed by atoms with Crippen molar-refractivity contribution in [3.8, 4) is 5.75 Å². The number of ether oxygens (including phenoxy) is 1. The van der Waals surface area contributed by atoms with Crippen LogP contribution in [0.25, 0.3) is 0 Å². The summed E-state index contributed by atoms with van der Waals surface area (Å²) < 4.78 is 5.79. The molecule has 29 heavy (non-hydrogen) atoms. The summed E-state index contributed by atoms with van der Waals surface area (Å²) in [6.45, 7) is 7.74. The third kappa shape index (κ3) is 7.01. The molecule has 0 bridgehead atoms. The van der Waals surface area contributed by atoms with Crippen molar-refractivity contribution in [2.24, 2.45) is 10.9 Å². The monoisotopic (exact) mass is 415 g/mol. The number of nitrogens with one attached hydrogen (secondary N) is 1. The minimum Gasteiger partial charge on any atom is -0.492 e. The van der Waals surface area contributed by atoms with Gasteiger partial charge >= 0.3 is 0 Å². The fourth-order valence-electron chi connectivity index (χ4n) is 3.60. The fraction of sp³-hybridized carbons (Fsp3) is 0.545. The Bertz CT molecular complexity index is 756. The Morgan fingerprint density at radius 1 is 1.31 bits per heavy atom. The number of hydrogen-bond donors (Lipinski definition) is 1. The second-order valence-corrected chi connectivity index (χ2v) is 8.65. The standard InChI is InChI=1S/C22H33N5OS/c1-18-25-20(17-29-18)16-27-11-9-19(10-12-27)15-24-22(23-2)26(3)13-14-28-21-7-5-4-6-8-21/h4-8,17,19H,9-16H2,1-3H3,(H,23,24). The number of para-hydroxylation sites is 1. The van der Waals surface area contributed by atoms with Gasteiger partial charge in [0.1, 0.15) is 12.4 Å². The molecule has 1 aliphatic rings. The number of guanidine groups is 1. The molecule has 1 aliphatic heterocycles. The van der Waals surface area contributed by atoms with Crippen LogP contribution in [0, 0.1) is 12.8 Å². The van der Waals surface area contributed by atoms with Crippen molar-refractivity contribution >= 4 is 17.3 Å². The highest BCUT2D eigenvalue weighted by molar-refractivity contribution is 7.09. The Morgan fingerprint density at radius 3 is 2.72 bits per heavy atom. The first kappa shape index (κ1) is 21.6. The highest BCUT2D eigenvalue weighted by Gasteiger charge is 2.20. The second kappa shape index (κ2) is 11.2. The van der Waals surface area contributed by atoms with Gasteiger partial charge < -0.3 is 15.0 Å². The van der Waals surface area contributed by atoms with Gasteiger partial charge in [-0.15, -0.1) is 11.3 Å². The third-order valence-corrected chi connectivity index (χ3v) is 6.14. The maximum atomic E-state index is 5.79. The summed E-state index contributed by atoms with van der Waals surface area (Å²) in [7, 11) is 3.90. The average molecular weight is 416 g/mol. The number of aryl methyl sites for hydroxylation is 1. The zero-order valence-corrected chi connectivity index (χ0v) is 18.6. The maximum Gasteiger partial charge on any atom is 0.193 e. The summed E-state index contributed by atoms with van der Waals surface area (Å²) in [6.07, 6.45) is 2.43. The Morgan fingerprint density at radius 2 is 2.07 bits per heavy atom. The van der Waals surface area contributed by atoms with Gasteiger partial charge in [-0.3, -0.25) is 9.89 Å². The van der Waals surface area contributed by atoms with E-state index in [2.05, 4.69) is 44.4 Å². The van der Waals surface area contributed by atoms with Crippen molar-refractivity contribution in [1.29, 1.82) is 0 Å². The van der Waals surface area contributed by atoms with E-state index in [1.807, 2.05) is 37.4 Å². The van der Waals surface area contributed by atoms with E-state index in [4.69, 9.17) is 4.74 Å². The SMILES string of the molecule is CN=C(NCC1CCN(Cc2csc(C)n2)CC1)N(C)CCOc1ccccc1. The number of aromatic nitrogens is 1. The van der Waals surface area contributed by atoms with Crippen molar-refractivity contribution in [1.82, 2.24) is 20.1 Å². The van der Waals surface area contributed by atoms with Crippen LogP contribution in [0.2, 0.25) is 0 Å². The average Bonchev–Trinajstić information content (AvgIpc) is 3.15. The molecule has 6 nitrogen and oxygen atoms in total. The molecule has 0 aliphatic carbocycles. The van der Waals surface area contributed by atoms with Crippen LogP contribution >= 0.6 is 11.3 Å². The summed E-state index contributed by atoms with van der Waals surface area (Å²) in [4.78, 5) is 13.7. The molecule has 0 radical (unpaired) electrons. The molecule has 0 amide bonds. The summed E-state index contributed by atoms with van der Waals surface area (Å²) >= 11 is 1.74. The van der Waals surface area contributed by atoms with Gasteiger partial charge in [-0.25, -0.2) is 4.98 Å². The largest absolute Gasteiger partial charge is 0.492 e. The first-order valence-electron chi connectivity index (χ1n) is 10.4. The summed E-state index contributed by atoms with van der Waals surface area (Å²) in [6, 6.07) is 9.94. The molecule has 3 rings (SSSR count). The quantitative estimate of drug-likeness (QED) is 0.530. The Hall–Kier alpha value is -2.12. The summed E-state index contributed by atoms with van der Waals surface area (Å²) in [5.41, 5.74) is 1.21. The van der Waals surface area contributed by atoms with Gasteiger partial charge in [0.25, 0.3) is 0 Å². The van der Waals surface area contributed by atoms with Gasteiger partial charge in [0.05, 0.1) is 17.2 Å². The Labute approximate surface area is 178 Å². The van der Waals surface area contributed by atoms with Gasteiger partial charge in [-0.2, -0.15) is 0 Å². The maximum absolute atomic E-state index is 5.79. The minimum absolute atomic E-state index is 0.635. The van der Waals surface area contributed by atoms with E-state index in [1.54, 1.807) is 11.3 Å². The van der Waals surface area contributed by atoms with E-state index in [0.29, 0.717) is 12.5 Å². The smallest absolute Gasteiger partial charge is 0.193 e. The molecule has 1 fully saturated rings. The van der Waals surface area contributed by atoms with E-state index in [0.717, 1.165) is 49.4 Å². The predicted molar refractivity (Wildman–Crippen MR) is 121 cm³/mol. The zero-order chi connectivity index (χ0) is 20.5. The van der Waals surface area contributed by atoms with E-state index in [1.165, 1.54) is 18.5 Å². The first-order chi connectivity index (χ1) is 14.1. The number of aliphatic imine (C=N–C) groups is 1. The Kier molecular flexibility index (Phi) is 8.31. The van der Waals surface area contributed by atoms with Crippen LogP contribution in [0.5, 0.6) is 5.75 Å². The minimum atomic E-state index is 0.635. The molecule has 0 atom stereocenters. The van der Waals surface area contributed by atoms with Gasteiger partial charge in [0.15, 0.2) is 5.96 Å². The number of likely N-dealkylation sites (N-methyl/N-ethyl adjacent to an activating group) is 1. The van der Waals surface area contributed by atoms with Crippen molar-refractivity contribution < 1.29 is 4.74 Å². The lowest BCUT2D eigenvalue weighted by molar-refractivity contribution is 0.176. The van der Waals surface area contributed by atoms with E-state index in [9.17, 15) is 0 Å². The number of piperidine rings is 1. The fourth-order valence-corrected chi connectivity index (χ4v) is 4.21. The molecule has 0 saturated carbocycles. The van der Waals surface area contributed by atoms with Crippen LogP contribution in [0.4, 0.5) is 0 Å². The van der Waals surface area contributed by atoms with Crippen molar-refractivity contribution in [2.75, 3.05) is 46.9 Å². The van der Waals surface area contributed by atoms with Crippen LogP contribution in [0.1, 0.15) is 23.5 Å². The lowest BCUT2D eigenvalue weighted by atomic mass is 9.97. The molecule has 1 saturated heterocycles. The van der Waals surface area contributed by atoms with Gasteiger partial charge in [0.2, 0.25) is 0 Å². The van der Waals surface area contributed by atoms with Gasteiger partial charge in [-0.05, 0) is 50.9 Å².